The fourth-order valence-corrected chi connectivity index (χ4v) is 2.89. The Balaban J connectivity index is 1.52. The first-order valence-electron chi connectivity index (χ1n) is 8.73. The minimum Gasteiger partial charge on any atom is -0.497 e. The van der Waals surface area contributed by atoms with Crippen molar-refractivity contribution in [3.05, 3.63) is 64.4 Å². The van der Waals surface area contributed by atoms with Gasteiger partial charge in [0.25, 0.3) is 5.91 Å². The molecule has 28 heavy (non-hydrogen) atoms. The van der Waals surface area contributed by atoms with E-state index >= 15 is 0 Å². The number of benzene rings is 2. The van der Waals surface area contributed by atoms with Crippen LogP contribution in [0.3, 0.4) is 0 Å². The van der Waals surface area contributed by atoms with Crippen LogP contribution in [0.15, 0.2) is 46.9 Å². The molecule has 0 atom stereocenters. The molecule has 3 aromatic rings. The van der Waals surface area contributed by atoms with E-state index in [1.165, 1.54) is 0 Å². The first-order valence-corrected chi connectivity index (χ1v) is 9.11. The second-order valence-electron chi connectivity index (χ2n) is 6.22. The third kappa shape index (κ3) is 4.64. The van der Waals surface area contributed by atoms with Crippen LogP contribution in [0.1, 0.15) is 21.7 Å². The highest BCUT2D eigenvalue weighted by Gasteiger charge is 2.20. The van der Waals surface area contributed by atoms with E-state index in [0.29, 0.717) is 34.9 Å². The van der Waals surface area contributed by atoms with Gasteiger partial charge in [-0.2, -0.15) is 0 Å². The summed E-state index contributed by atoms with van der Waals surface area (Å²) in [5.74, 6) is -0.313. The molecule has 0 spiro atoms. The number of halogens is 1. The van der Waals surface area contributed by atoms with Gasteiger partial charge in [-0.05, 0) is 49.2 Å². The summed E-state index contributed by atoms with van der Waals surface area (Å²) in [6.45, 7) is 1.81. The molecule has 0 aliphatic rings. The first kappa shape index (κ1) is 19.8. The van der Waals surface area contributed by atoms with E-state index < -0.39 is 5.97 Å². The molecule has 1 amide bonds. The third-order valence-corrected chi connectivity index (χ3v) is 4.56. The second-order valence-corrected chi connectivity index (χ2v) is 6.66. The van der Waals surface area contributed by atoms with Crippen LogP contribution < -0.4 is 10.1 Å². The smallest absolute Gasteiger partial charge is 0.375 e. The van der Waals surface area contributed by atoms with E-state index in [4.69, 9.17) is 25.5 Å². The number of aryl methyl sites for hydroxylation is 1. The number of furan rings is 1. The topological polar surface area (TPSA) is 77.8 Å². The SMILES string of the molecule is COc1ccc2oc(C(=O)OCC(=O)NCCc3ccc(Cl)cc3)c(C)c2c1. The maximum absolute atomic E-state index is 12.3. The predicted octanol–water partition coefficient (Wildman–Crippen LogP) is 3.92. The van der Waals surface area contributed by atoms with Crippen molar-refractivity contribution < 1.29 is 23.5 Å². The zero-order chi connectivity index (χ0) is 20.1. The fraction of sp³-hybridized carbons (Fsp3) is 0.238. The maximum atomic E-state index is 12.3. The van der Waals surface area contributed by atoms with Gasteiger partial charge in [0.2, 0.25) is 5.76 Å². The number of ether oxygens (including phenoxy) is 2. The molecule has 1 N–H and O–H groups in total. The van der Waals surface area contributed by atoms with Gasteiger partial charge in [-0.1, -0.05) is 23.7 Å². The highest BCUT2D eigenvalue weighted by Crippen LogP contribution is 2.29. The number of rotatable bonds is 7. The summed E-state index contributed by atoms with van der Waals surface area (Å²) in [5, 5.41) is 4.14. The second kappa shape index (κ2) is 8.80. The minimum atomic E-state index is -0.680. The molecular weight excluding hydrogens is 382 g/mol. The molecule has 1 aromatic heterocycles. The van der Waals surface area contributed by atoms with Gasteiger partial charge in [-0.3, -0.25) is 4.79 Å². The largest absolute Gasteiger partial charge is 0.497 e. The number of carbonyl (C=O) groups excluding carboxylic acids is 2. The van der Waals surface area contributed by atoms with Gasteiger partial charge in [0, 0.05) is 22.5 Å². The lowest BCUT2D eigenvalue weighted by molar-refractivity contribution is -0.124. The predicted molar refractivity (Wildman–Crippen MR) is 106 cm³/mol. The summed E-state index contributed by atoms with van der Waals surface area (Å²) in [4.78, 5) is 24.2. The Kier molecular flexibility index (Phi) is 6.21. The van der Waals surface area contributed by atoms with Gasteiger partial charge in [0.15, 0.2) is 6.61 Å². The van der Waals surface area contributed by atoms with Crippen LogP contribution in [-0.2, 0) is 16.0 Å². The van der Waals surface area contributed by atoms with Gasteiger partial charge in [-0.15, -0.1) is 0 Å². The Bertz CT molecular complexity index is 994. The summed E-state index contributed by atoms with van der Waals surface area (Å²) in [6, 6.07) is 12.6. The normalized spacial score (nSPS) is 10.7. The first-order chi connectivity index (χ1) is 13.5. The van der Waals surface area contributed by atoms with Crippen molar-refractivity contribution in [3.8, 4) is 5.75 Å². The molecule has 6 nitrogen and oxygen atoms in total. The fourth-order valence-electron chi connectivity index (χ4n) is 2.77. The van der Waals surface area contributed by atoms with Crippen molar-refractivity contribution in [1.29, 1.82) is 0 Å². The Morgan fingerprint density at radius 3 is 2.61 bits per heavy atom. The molecule has 146 valence electrons. The highest BCUT2D eigenvalue weighted by atomic mass is 35.5. The third-order valence-electron chi connectivity index (χ3n) is 4.31. The molecule has 1 heterocycles. The lowest BCUT2D eigenvalue weighted by atomic mass is 10.1. The summed E-state index contributed by atoms with van der Waals surface area (Å²) in [7, 11) is 1.57. The molecule has 3 rings (SSSR count). The minimum absolute atomic E-state index is 0.0808. The average molecular weight is 402 g/mol. The van der Waals surface area contributed by atoms with E-state index in [1.807, 2.05) is 12.1 Å². The highest BCUT2D eigenvalue weighted by molar-refractivity contribution is 6.30. The summed E-state index contributed by atoms with van der Waals surface area (Å²) in [6.07, 6.45) is 0.654. The van der Waals surface area contributed by atoms with Gasteiger partial charge in [0.1, 0.15) is 11.3 Å². The van der Waals surface area contributed by atoms with Crippen LogP contribution in [0, 0.1) is 6.92 Å². The summed E-state index contributed by atoms with van der Waals surface area (Å²) < 4.78 is 15.8. The zero-order valence-electron chi connectivity index (χ0n) is 15.6. The maximum Gasteiger partial charge on any atom is 0.375 e. The zero-order valence-corrected chi connectivity index (χ0v) is 16.3. The van der Waals surface area contributed by atoms with Crippen LogP contribution in [-0.4, -0.2) is 32.1 Å². The van der Waals surface area contributed by atoms with Crippen molar-refractivity contribution in [3.63, 3.8) is 0 Å². The van der Waals surface area contributed by atoms with Gasteiger partial charge in [0.05, 0.1) is 7.11 Å². The summed E-state index contributed by atoms with van der Waals surface area (Å²) >= 11 is 5.84. The Morgan fingerprint density at radius 1 is 1.14 bits per heavy atom. The van der Waals surface area contributed by atoms with Crippen molar-refractivity contribution in [2.24, 2.45) is 0 Å². The molecule has 2 aromatic carbocycles. The number of esters is 1. The number of fused-ring (bicyclic) bond motifs is 1. The molecular formula is C21H20ClNO5. The van der Waals surface area contributed by atoms with Gasteiger partial charge < -0.3 is 19.2 Å². The Hall–Kier alpha value is -2.99. The van der Waals surface area contributed by atoms with Crippen LogP contribution in [0.5, 0.6) is 5.75 Å². The number of hydrogen-bond acceptors (Lipinski definition) is 5. The molecule has 0 saturated heterocycles. The lowest BCUT2D eigenvalue weighted by Gasteiger charge is -2.06. The lowest BCUT2D eigenvalue weighted by Crippen LogP contribution is -2.30. The number of hydrogen-bond donors (Lipinski definition) is 1. The standard InChI is InChI=1S/C21H20ClNO5/c1-13-17-11-16(26-2)7-8-18(17)28-20(13)21(25)27-12-19(24)23-10-9-14-3-5-15(22)6-4-14/h3-8,11H,9-10,12H2,1-2H3,(H,23,24). The van der Waals surface area contributed by atoms with Gasteiger partial charge in [-0.25, -0.2) is 4.79 Å². The van der Waals surface area contributed by atoms with Crippen LogP contribution in [0.25, 0.3) is 11.0 Å². The van der Waals surface area contributed by atoms with E-state index in [-0.39, 0.29) is 18.3 Å². The number of amides is 1. The monoisotopic (exact) mass is 401 g/mol. The number of methoxy groups -OCH3 is 1. The quantitative estimate of drug-likeness (QED) is 0.607. The average Bonchev–Trinajstić information content (AvgIpc) is 3.03. The van der Waals surface area contributed by atoms with Crippen molar-refractivity contribution in [2.75, 3.05) is 20.3 Å². The van der Waals surface area contributed by atoms with Crippen LogP contribution in [0.2, 0.25) is 5.02 Å². The molecule has 0 aliphatic heterocycles. The Morgan fingerprint density at radius 2 is 1.89 bits per heavy atom. The molecule has 0 saturated carbocycles. The van der Waals surface area contributed by atoms with Crippen molar-refractivity contribution in [2.45, 2.75) is 13.3 Å². The number of carbonyl (C=O) groups is 2. The molecule has 0 unspecified atom stereocenters. The van der Waals surface area contributed by atoms with Crippen LogP contribution in [0.4, 0.5) is 0 Å². The molecule has 0 radical (unpaired) electrons. The molecule has 0 bridgehead atoms. The van der Waals surface area contributed by atoms with E-state index in [2.05, 4.69) is 5.32 Å². The molecule has 7 heteroatoms. The van der Waals surface area contributed by atoms with E-state index in [0.717, 1.165) is 10.9 Å². The van der Waals surface area contributed by atoms with Crippen molar-refractivity contribution >= 4 is 34.4 Å². The number of nitrogens with one attached hydrogen (secondary N) is 1. The van der Waals surface area contributed by atoms with E-state index in [9.17, 15) is 9.59 Å². The van der Waals surface area contributed by atoms with Crippen LogP contribution >= 0.6 is 11.6 Å². The van der Waals surface area contributed by atoms with E-state index in [1.54, 1.807) is 44.4 Å². The molecule has 0 fully saturated rings. The van der Waals surface area contributed by atoms with Gasteiger partial charge >= 0.3 is 5.97 Å². The Labute approximate surface area is 167 Å². The summed E-state index contributed by atoms with van der Waals surface area (Å²) in [5.41, 5.74) is 2.25. The molecule has 0 aliphatic carbocycles. The van der Waals surface area contributed by atoms with Crippen molar-refractivity contribution in [1.82, 2.24) is 5.32 Å².